The number of nitrogens with one attached hydrogen (secondary N) is 1. The first-order valence-electron chi connectivity index (χ1n) is 10.5. The summed E-state index contributed by atoms with van der Waals surface area (Å²) in [4.78, 5) is 27.2. The summed E-state index contributed by atoms with van der Waals surface area (Å²) in [5, 5.41) is 2.87. The Morgan fingerprint density at radius 2 is 1.90 bits per heavy atom. The Kier molecular flexibility index (Phi) is 9.85. The Bertz CT molecular complexity index is 888. The van der Waals surface area contributed by atoms with Crippen LogP contribution in [-0.2, 0) is 22.6 Å². The quantitative estimate of drug-likeness (QED) is 0.508. The summed E-state index contributed by atoms with van der Waals surface area (Å²) in [7, 11) is 1.60. The van der Waals surface area contributed by atoms with Crippen molar-refractivity contribution in [3.63, 3.8) is 0 Å². The van der Waals surface area contributed by atoms with Gasteiger partial charge in [0.15, 0.2) is 6.61 Å². The van der Waals surface area contributed by atoms with Gasteiger partial charge in [0.2, 0.25) is 5.91 Å². The molecule has 0 fully saturated rings. The molecule has 0 spiro atoms. The molecule has 31 heavy (non-hydrogen) atoms. The summed E-state index contributed by atoms with van der Waals surface area (Å²) in [6.07, 6.45) is 1.74. The molecule has 2 amide bonds. The summed E-state index contributed by atoms with van der Waals surface area (Å²) in [5.41, 5.74) is 2.04. The molecule has 2 aromatic carbocycles. The molecule has 0 aliphatic rings. The normalized spacial score (nSPS) is 11.5. The van der Waals surface area contributed by atoms with Gasteiger partial charge < -0.3 is 19.7 Å². The van der Waals surface area contributed by atoms with Gasteiger partial charge in [-0.05, 0) is 71.1 Å². The second-order valence-electron chi connectivity index (χ2n) is 7.25. The molecule has 0 saturated heterocycles. The average molecular weight is 491 g/mol. The van der Waals surface area contributed by atoms with Crippen molar-refractivity contribution in [2.24, 2.45) is 0 Å². The lowest BCUT2D eigenvalue weighted by Gasteiger charge is -2.29. The number of carbonyl (C=O) groups excluding carboxylic acids is 2. The summed E-state index contributed by atoms with van der Waals surface area (Å²) in [6, 6.07) is 12.6. The molecule has 1 atom stereocenters. The summed E-state index contributed by atoms with van der Waals surface area (Å²) in [5.74, 6) is 0.833. The highest BCUT2D eigenvalue weighted by molar-refractivity contribution is 9.10. The second-order valence-corrected chi connectivity index (χ2v) is 8.10. The maximum Gasteiger partial charge on any atom is 0.261 e. The molecule has 0 heterocycles. The van der Waals surface area contributed by atoms with Gasteiger partial charge in [0.1, 0.15) is 17.5 Å². The van der Waals surface area contributed by atoms with Crippen LogP contribution in [0.1, 0.15) is 38.3 Å². The van der Waals surface area contributed by atoms with E-state index in [0.29, 0.717) is 18.0 Å². The van der Waals surface area contributed by atoms with Gasteiger partial charge in [-0.3, -0.25) is 9.59 Å². The molecule has 0 bridgehead atoms. The van der Waals surface area contributed by atoms with Crippen molar-refractivity contribution >= 4 is 27.7 Å². The van der Waals surface area contributed by atoms with E-state index in [1.165, 1.54) is 10.5 Å². The molecular weight excluding hydrogens is 460 g/mol. The lowest BCUT2D eigenvalue weighted by Crippen LogP contribution is -2.49. The van der Waals surface area contributed by atoms with Crippen molar-refractivity contribution in [1.29, 1.82) is 0 Å². The number of hydrogen-bond acceptors (Lipinski definition) is 4. The molecule has 7 heteroatoms. The molecule has 0 aliphatic carbocycles. The Hall–Kier alpha value is -2.54. The van der Waals surface area contributed by atoms with E-state index in [1.807, 2.05) is 49.4 Å². The standard InChI is InChI=1S/C24H31BrN2O4/c1-5-12-26-24(29)17(3)27(15-19-8-7-9-20(13-19)30-4)23(28)16-31-22-11-10-18(6-2)14-21(22)25/h7-11,13-14,17H,5-6,12,15-16H2,1-4H3,(H,26,29)/t17-/m1/s1. The lowest BCUT2D eigenvalue weighted by atomic mass is 10.1. The maximum atomic E-state index is 13.1. The SMILES string of the molecule is CCCNC(=O)[C@@H](C)N(Cc1cccc(OC)c1)C(=O)COc1ccc(CC)cc1Br. The van der Waals surface area contributed by atoms with E-state index in [1.54, 1.807) is 14.0 Å². The number of amides is 2. The van der Waals surface area contributed by atoms with E-state index < -0.39 is 6.04 Å². The van der Waals surface area contributed by atoms with Gasteiger partial charge in [0, 0.05) is 13.1 Å². The van der Waals surface area contributed by atoms with E-state index in [0.717, 1.165) is 22.9 Å². The zero-order valence-corrected chi connectivity index (χ0v) is 20.2. The minimum absolute atomic E-state index is 0.167. The molecule has 0 saturated carbocycles. The van der Waals surface area contributed by atoms with Crippen LogP contribution in [0, 0.1) is 0 Å². The van der Waals surface area contributed by atoms with Crippen molar-refractivity contribution in [1.82, 2.24) is 10.2 Å². The van der Waals surface area contributed by atoms with E-state index in [4.69, 9.17) is 9.47 Å². The molecule has 0 radical (unpaired) electrons. The molecule has 2 rings (SSSR count). The smallest absolute Gasteiger partial charge is 0.261 e. The zero-order valence-electron chi connectivity index (χ0n) is 18.6. The second kappa shape index (κ2) is 12.3. The van der Waals surface area contributed by atoms with Gasteiger partial charge in [0.25, 0.3) is 5.91 Å². The van der Waals surface area contributed by atoms with Gasteiger partial charge in [-0.2, -0.15) is 0 Å². The molecule has 1 N–H and O–H groups in total. The Labute approximate surface area is 193 Å². The van der Waals surface area contributed by atoms with Crippen LogP contribution in [0.3, 0.4) is 0 Å². The number of carbonyl (C=O) groups is 2. The Morgan fingerprint density at radius 3 is 2.55 bits per heavy atom. The molecular formula is C24H31BrN2O4. The van der Waals surface area contributed by atoms with Crippen LogP contribution in [0.15, 0.2) is 46.9 Å². The number of rotatable bonds is 11. The third kappa shape index (κ3) is 7.28. The summed E-state index contributed by atoms with van der Waals surface area (Å²) in [6.45, 7) is 6.47. The molecule has 168 valence electrons. The number of hydrogen-bond donors (Lipinski definition) is 1. The molecule has 0 aromatic heterocycles. The predicted octanol–water partition coefficient (Wildman–Crippen LogP) is 4.34. The lowest BCUT2D eigenvalue weighted by molar-refractivity contribution is -0.142. The van der Waals surface area contributed by atoms with E-state index >= 15 is 0 Å². The predicted molar refractivity (Wildman–Crippen MR) is 125 cm³/mol. The van der Waals surface area contributed by atoms with Crippen molar-refractivity contribution in [3.8, 4) is 11.5 Å². The first-order valence-corrected chi connectivity index (χ1v) is 11.3. The molecule has 0 unspecified atom stereocenters. The highest BCUT2D eigenvalue weighted by Gasteiger charge is 2.26. The van der Waals surface area contributed by atoms with Crippen molar-refractivity contribution in [2.45, 2.75) is 46.2 Å². The fourth-order valence-electron chi connectivity index (χ4n) is 3.05. The highest BCUT2D eigenvalue weighted by Crippen LogP contribution is 2.26. The number of halogens is 1. The number of aryl methyl sites for hydroxylation is 1. The third-order valence-corrected chi connectivity index (χ3v) is 5.58. The van der Waals surface area contributed by atoms with Gasteiger partial charge in [-0.15, -0.1) is 0 Å². The number of nitrogens with zero attached hydrogens (tertiary/aromatic N) is 1. The van der Waals surface area contributed by atoms with Crippen molar-refractivity contribution < 1.29 is 19.1 Å². The molecule has 6 nitrogen and oxygen atoms in total. The van der Waals surface area contributed by atoms with Gasteiger partial charge in [-0.1, -0.05) is 32.0 Å². The van der Waals surface area contributed by atoms with Crippen LogP contribution in [0.25, 0.3) is 0 Å². The van der Waals surface area contributed by atoms with E-state index in [-0.39, 0.29) is 25.0 Å². The first-order chi connectivity index (χ1) is 14.9. The minimum atomic E-state index is -0.639. The molecule has 0 aliphatic heterocycles. The monoisotopic (exact) mass is 490 g/mol. The van der Waals surface area contributed by atoms with Crippen molar-refractivity contribution in [3.05, 3.63) is 58.1 Å². The van der Waals surface area contributed by atoms with Gasteiger partial charge in [0.05, 0.1) is 11.6 Å². The molecule has 2 aromatic rings. The van der Waals surface area contributed by atoms with Crippen LogP contribution in [0.5, 0.6) is 11.5 Å². The Balaban J connectivity index is 2.17. The minimum Gasteiger partial charge on any atom is -0.497 e. The summed E-state index contributed by atoms with van der Waals surface area (Å²) >= 11 is 3.50. The fourth-order valence-corrected chi connectivity index (χ4v) is 3.59. The van der Waals surface area contributed by atoms with Crippen LogP contribution in [-0.4, -0.2) is 43.0 Å². The van der Waals surface area contributed by atoms with Crippen LogP contribution in [0.2, 0.25) is 0 Å². The summed E-state index contributed by atoms with van der Waals surface area (Å²) < 4.78 is 11.9. The van der Waals surface area contributed by atoms with Gasteiger partial charge >= 0.3 is 0 Å². The van der Waals surface area contributed by atoms with E-state index in [9.17, 15) is 9.59 Å². The first kappa shape index (κ1) is 24.7. The number of benzene rings is 2. The van der Waals surface area contributed by atoms with E-state index in [2.05, 4.69) is 28.2 Å². The fraction of sp³-hybridized carbons (Fsp3) is 0.417. The Morgan fingerprint density at radius 1 is 1.13 bits per heavy atom. The highest BCUT2D eigenvalue weighted by atomic mass is 79.9. The number of methoxy groups -OCH3 is 1. The van der Waals surface area contributed by atoms with Crippen molar-refractivity contribution in [2.75, 3.05) is 20.3 Å². The largest absolute Gasteiger partial charge is 0.497 e. The zero-order chi connectivity index (χ0) is 22.8. The van der Waals surface area contributed by atoms with Crippen LogP contribution >= 0.6 is 15.9 Å². The maximum absolute atomic E-state index is 13.1. The topological polar surface area (TPSA) is 67.9 Å². The van der Waals surface area contributed by atoms with Crippen LogP contribution < -0.4 is 14.8 Å². The third-order valence-electron chi connectivity index (χ3n) is 4.96. The van der Waals surface area contributed by atoms with Gasteiger partial charge in [-0.25, -0.2) is 0 Å². The average Bonchev–Trinajstić information content (AvgIpc) is 2.79. The number of ether oxygens (including phenoxy) is 2. The van der Waals surface area contributed by atoms with Crippen LogP contribution in [0.4, 0.5) is 0 Å².